The molecule has 220 valence electrons. The SMILES string of the molecule is Cc1ncc(-c2cnc(OC[C@@H](C)c3ccccc3)c(F)c2)c(N2CCC(C)(C)CC2)c1[C@H](OC(C)(C)C)C(=O)O. The van der Waals surface area contributed by atoms with Crippen LogP contribution >= 0.6 is 0 Å². The molecule has 1 fully saturated rings. The van der Waals surface area contributed by atoms with Crippen molar-refractivity contribution in [1.29, 1.82) is 0 Å². The maximum atomic E-state index is 15.4. The second kappa shape index (κ2) is 12.1. The van der Waals surface area contributed by atoms with E-state index in [0.717, 1.165) is 31.5 Å². The van der Waals surface area contributed by atoms with Crippen LogP contribution in [-0.4, -0.2) is 46.3 Å². The monoisotopic (exact) mass is 563 g/mol. The van der Waals surface area contributed by atoms with E-state index in [9.17, 15) is 9.90 Å². The van der Waals surface area contributed by atoms with Crippen LogP contribution in [0.2, 0.25) is 0 Å². The van der Waals surface area contributed by atoms with Crippen molar-refractivity contribution in [3.63, 3.8) is 0 Å². The van der Waals surface area contributed by atoms with Crippen LogP contribution in [0.15, 0.2) is 48.8 Å². The highest BCUT2D eigenvalue weighted by Gasteiger charge is 2.36. The van der Waals surface area contributed by atoms with E-state index >= 15 is 4.39 Å². The lowest BCUT2D eigenvalue weighted by atomic mass is 9.82. The van der Waals surface area contributed by atoms with Crippen molar-refractivity contribution in [1.82, 2.24) is 9.97 Å². The maximum absolute atomic E-state index is 15.4. The first-order valence-electron chi connectivity index (χ1n) is 14.2. The summed E-state index contributed by atoms with van der Waals surface area (Å²) in [6.45, 7) is 15.5. The van der Waals surface area contributed by atoms with Crippen molar-refractivity contribution >= 4 is 11.7 Å². The Bertz CT molecular complexity index is 1360. The van der Waals surface area contributed by atoms with Crippen LogP contribution in [-0.2, 0) is 9.53 Å². The zero-order chi connectivity index (χ0) is 29.9. The van der Waals surface area contributed by atoms with E-state index in [-0.39, 0.29) is 23.8 Å². The van der Waals surface area contributed by atoms with Gasteiger partial charge < -0.3 is 19.5 Å². The molecule has 2 atom stereocenters. The number of rotatable bonds is 9. The van der Waals surface area contributed by atoms with Crippen molar-refractivity contribution in [2.75, 3.05) is 24.6 Å². The summed E-state index contributed by atoms with van der Waals surface area (Å²) in [5, 5.41) is 10.3. The minimum atomic E-state index is -1.24. The van der Waals surface area contributed by atoms with Crippen LogP contribution in [0.3, 0.4) is 0 Å². The van der Waals surface area contributed by atoms with E-state index in [0.29, 0.717) is 28.1 Å². The third kappa shape index (κ3) is 7.41. The summed E-state index contributed by atoms with van der Waals surface area (Å²) in [6.07, 6.45) is 3.87. The van der Waals surface area contributed by atoms with Gasteiger partial charge in [-0.3, -0.25) is 4.98 Å². The third-order valence-corrected chi connectivity index (χ3v) is 7.64. The van der Waals surface area contributed by atoms with Gasteiger partial charge >= 0.3 is 5.97 Å². The van der Waals surface area contributed by atoms with Gasteiger partial charge in [0.2, 0.25) is 5.88 Å². The Kier molecular flexibility index (Phi) is 9.02. The first-order chi connectivity index (χ1) is 19.3. The van der Waals surface area contributed by atoms with E-state index < -0.39 is 23.5 Å². The van der Waals surface area contributed by atoms with Crippen molar-refractivity contribution in [2.45, 2.75) is 78.9 Å². The average molecular weight is 564 g/mol. The predicted molar refractivity (Wildman–Crippen MR) is 159 cm³/mol. The molecule has 3 aromatic rings. The molecule has 2 aromatic heterocycles. The second-order valence-electron chi connectivity index (χ2n) is 12.8. The van der Waals surface area contributed by atoms with E-state index in [4.69, 9.17) is 9.47 Å². The Morgan fingerprint density at radius 3 is 2.37 bits per heavy atom. The summed E-state index contributed by atoms with van der Waals surface area (Å²) < 4.78 is 27.3. The van der Waals surface area contributed by atoms with Gasteiger partial charge in [-0.25, -0.2) is 14.2 Å². The lowest BCUT2D eigenvalue weighted by molar-refractivity contribution is -0.160. The number of carbonyl (C=O) groups is 1. The van der Waals surface area contributed by atoms with E-state index in [1.807, 2.05) is 58.0 Å². The summed E-state index contributed by atoms with van der Waals surface area (Å²) >= 11 is 0. The zero-order valence-corrected chi connectivity index (χ0v) is 25.2. The highest BCUT2D eigenvalue weighted by molar-refractivity contribution is 5.86. The molecule has 1 aliphatic rings. The van der Waals surface area contributed by atoms with Crippen LogP contribution in [0.25, 0.3) is 11.1 Å². The number of ether oxygens (including phenoxy) is 2. The zero-order valence-electron chi connectivity index (χ0n) is 25.2. The Hall–Kier alpha value is -3.52. The standard InChI is InChI=1S/C33H42FN3O4/c1-21(23-11-9-8-10-12-23)20-40-30-26(34)17-24(18-36-30)25-19-35-22(2)27(29(31(38)39)41-32(3,4)5)28(25)37-15-13-33(6,7)14-16-37/h8-12,17-19,21,29H,13-16,20H2,1-7H3,(H,38,39)/t21-,29+/m1/s1. The molecule has 3 heterocycles. The molecule has 4 rings (SSSR count). The number of halogens is 1. The lowest BCUT2D eigenvalue weighted by Gasteiger charge is -2.40. The fraction of sp³-hybridized carbons (Fsp3) is 0.485. The maximum Gasteiger partial charge on any atom is 0.337 e. The van der Waals surface area contributed by atoms with Gasteiger partial charge in [0.25, 0.3) is 0 Å². The Morgan fingerprint density at radius 2 is 1.78 bits per heavy atom. The topological polar surface area (TPSA) is 84.8 Å². The van der Waals surface area contributed by atoms with Gasteiger partial charge in [0.1, 0.15) is 0 Å². The van der Waals surface area contributed by atoms with Gasteiger partial charge in [-0.2, -0.15) is 0 Å². The molecule has 1 aliphatic heterocycles. The molecule has 0 saturated carbocycles. The molecule has 8 heteroatoms. The number of aliphatic carboxylic acids is 1. The summed E-state index contributed by atoms with van der Waals surface area (Å²) in [4.78, 5) is 23.7. The molecule has 0 bridgehead atoms. The number of hydrogen-bond acceptors (Lipinski definition) is 6. The van der Waals surface area contributed by atoms with Crippen LogP contribution in [0.1, 0.15) is 83.2 Å². The molecule has 1 aromatic carbocycles. The fourth-order valence-corrected chi connectivity index (χ4v) is 5.16. The second-order valence-corrected chi connectivity index (χ2v) is 12.8. The highest BCUT2D eigenvalue weighted by atomic mass is 19.1. The molecule has 1 N–H and O–H groups in total. The van der Waals surface area contributed by atoms with Crippen LogP contribution < -0.4 is 9.64 Å². The molecule has 0 spiro atoms. The molecular formula is C33H42FN3O4. The molecule has 0 amide bonds. The Morgan fingerprint density at radius 1 is 1.12 bits per heavy atom. The molecule has 0 aliphatic carbocycles. The number of benzene rings is 1. The number of hydrogen-bond donors (Lipinski definition) is 1. The lowest BCUT2D eigenvalue weighted by Crippen LogP contribution is -2.39. The van der Waals surface area contributed by atoms with E-state index in [2.05, 4.69) is 28.7 Å². The van der Waals surface area contributed by atoms with Crippen LogP contribution in [0.5, 0.6) is 5.88 Å². The summed E-state index contributed by atoms with van der Waals surface area (Å²) in [5.41, 5.74) is 3.44. The van der Waals surface area contributed by atoms with Gasteiger partial charge in [0.05, 0.1) is 17.9 Å². The van der Waals surface area contributed by atoms with Crippen molar-refractivity contribution < 1.29 is 23.8 Å². The number of pyridine rings is 2. The van der Waals surface area contributed by atoms with E-state index in [1.54, 1.807) is 19.3 Å². The van der Waals surface area contributed by atoms with Gasteiger partial charge in [-0.05, 0) is 57.6 Å². The Labute approximate surface area is 242 Å². The van der Waals surface area contributed by atoms with Gasteiger partial charge in [0.15, 0.2) is 11.9 Å². The van der Waals surface area contributed by atoms with Gasteiger partial charge in [-0.1, -0.05) is 51.1 Å². The first-order valence-corrected chi connectivity index (χ1v) is 14.2. The minimum absolute atomic E-state index is 0.0617. The largest absolute Gasteiger partial charge is 0.479 e. The van der Waals surface area contributed by atoms with Crippen molar-refractivity contribution in [3.05, 3.63) is 71.4 Å². The van der Waals surface area contributed by atoms with Crippen molar-refractivity contribution in [3.8, 4) is 17.0 Å². The van der Waals surface area contributed by atoms with Crippen LogP contribution in [0, 0.1) is 18.2 Å². The first kappa shape index (κ1) is 30.4. The molecule has 7 nitrogen and oxygen atoms in total. The molecular weight excluding hydrogens is 521 g/mol. The van der Waals surface area contributed by atoms with E-state index in [1.165, 1.54) is 6.07 Å². The highest BCUT2D eigenvalue weighted by Crippen LogP contribution is 2.43. The summed E-state index contributed by atoms with van der Waals surface area (Å²) in [6, 6.07) is 11.3. The van der Waals surface area contributed by atoms with Gasteiger partial charge in [0, 0.05) is 53.8 Å². The smallest absolute Gasteiger partial charge is 0.337 e. The number of carboxylic acids is 1. The van der Waals surface area contributed by atoms with Crippen molar-refractivity contribution in [2.24, 2.45) is 5.41 Å². The number of aryl methyl sites for hydroxylation is 1. The number of piperidine rings is 1. The molecule has 0 unspecified atom stereocenters. The number of anilines is 1. The van der Waals surface area contributed by atoms with Crippen LogP contribution in [0.4, 0.5) is 10.1 Å². The molecule has 0 radical (unpaired) electrons. The number of carboxylic acid groups (broad SMARTS) is 1. The molecule has 41 heavy (non-hydrogen) atoms. The Balaban J connectivity index is 1.74. The minimum Gasteiger partial charge on any atom is -0.479 e. The molecule has 1 saturated heterocycles. The number of aromatic nitrogens is 2. The summed E-state index contributed by atoms with van der Waals surface area (Å²) in [7, 11) is 0. The predicted octanol–water partition coefficient (Wildman–Crippen LogP) is 7.34. The number of nitrogens with zero attached hydrogens (tertiary/aromatic N) is 3. The third-order valence-electron chi connectivity index (χ3n) is 7.64. The fourth-order valence-electron chi connectivity index (χ4n) is 5.16. The quantitative estimate of drug-likeness (QED) is 0.292. The average Bonchev–Trinajstić information content (AvgIpc) is 2.91. The van der Waals surface area contributed by atoms with Gasteiger partial charge in [-0.15, -0.1) is 0 Å². The normalized spacial score (nSPS) is 16.7. The summed E-state index contributed by atoms with van der Waals surface area (Å²) in [5.74, 6) is -1.69.